The third kappa shape index (κ3) is 2.28. The molecule has 0 atom stereocenters. The first kappa shape index (κ1) is 11.6. The summed E-state index contributed by atoms with van der Waals surface area (Å²) in [5.74, 6) is 0.565. The van der Waals surface area contributed by atoms with Gasteiger partial charge in [-0.15, -0.1) is 11.3 Å². The molecule has 1 nitrogen and oxygen atoms in total. The van der Waals surface area contributed by atoms with Gasteiger partial charge in [0.05, 0.1) is 5.69 Å². The molecule has 0 bridgehead atoms. The summed E-state index contributed by atoms with van der Waals surface area (Å²) >= 11 is 7.55. The fourth-order valence-electron chi connectivity index (χ4n) is 1.51. The summed E-state index contributed by atoms with van der Waals surface area (Å²) in [6.07, 6.45) is 0. The molecule has 2 rings (SSSR count). The average molecular weight is 252 g/mol. The molecule has 0 aliphatic heterocycles. The third-order valence-corrected chi connectivity index (χ3v) is 4.06. The summed E-state index contributed by atoms with van der Waals surface area (Å²) < 4.78 is 0.780. The number of aromatic nitrogens is 1. The zero-order valence-corrected chi connectivity index (χ0v) is 11.2. The lowest BCUT2D eigenvalue weighted by atomic mass is 10.0. The Hall–Kier alpha value is -0.860. The van der Waals surface area contributed by atoms with E-state index in [9.17, 15) is 0 Å². The van der Waals surface area contributed by atoms with Crippen molar-refractivity contribution in [1.29, 1.82) is 0 Å². The Balaban J connectivity index is 2.34. The fraction of sp³-hybridized carbons (Fsp3) is 0.308. The van der Waals surface area contributed by atoms with Gasteiger partial charge in [0, 0.05) is 5.56 Å². The van der Waals surface area contributed by atoms with Crippen LogP contribution in [0.1, 0.15) is 31.0 Å². The molecule has 0 aliphatic rings. The number of nitrogens with zero attached hydrogens (tertiary/aromatic N) is 1. The Morgan fingerprint density at radius 1 is 1.19 bits per heavy atom. The smallest absolute Gasteiger partial charge is 0.125 e. The van der Waals surface area contributed by atoms with Crippen LogP contribution in [0.15, 0.2) is 24.3 Å². The van der Waals surface area contributed by atoms with E-state index < -0.39 is 0 Å². The molecule has 16 heavy (non-hydrogen) atoms. The van der Waals surface area contributed by atoms with E-state index >= 15 is 0 Å². The molecule has 1 heterocycles. The van der Waals surface area contributed by atoms with Crippen LogP contribution in [0, 0.1) is 6.92 Å². The van der Waals surface area contributed by atoms with E-state index in [1.807, 2.05) is 6.92 Å². The second kappa shape index (κ2) is 4.56. The van der Waals surface area contributed by atoms with Crippen LogP contribution in [0.2, 0.25) is 4.34 Å². The van der Waals surface area contributed by atoms with Crippen molar-refractivity contribution < 1.29 is 0 Å². The Morgan fingerprint density at radius 2 is 1.81 bits per heavy atom. The van der Waals surface area contributed by atoms with Crippen LogP contribution >= 0.6 is 22.9 Å². The average Bonchev–Trinajstić information content (AvgIpc) is 2.59. The first-order valence-corrected chi connectivity index (χ1v) is 6.50. The van der Waals surface area contributed by atoms with Crippen molar-refractivity contribution in [1.82, 2.24) is 4.98 Å². The molecule has 0 spiro atoms. The second-order valence-corrected chi connectivity index (χ2v) is 5.76. The highest BCUT2D eigenvalue weighted by Gasteiger charge is 2.07. The molecule has 3 heteroatoms. The highest BCUT2D eigenvalue weighted by molar-refractivity contribution is 7.19. The van der Waals surface area contributed by atoms with Crippen LogP contribution in [0.3, 0.4) is 0 Å². The zero-order valence-electron chi connectivity index (χ0n) is 9.62. The molecule has 0 saturated carbocycles. The van der Waals surface area contributed by atoms with Crippen molar-refractivity contribution in [3.05, 3.63) is 39.9 Å². The molecule has 0 amide bonds. The number of hydrogen-bond acceptors (Lipinski definition) is 2. The Labute approximate surface area is 105 Å². The summed E-state index contributed by atoms with van der Waals surface area (Å²) in [6.45, 7) is 6.32. The SMILES string of the molecule is Cc1nc(-c2ccc(C(C)C)cc2)sc1Cl. The number of rotatable bonds is 2. The first-order valence-electron chi connectivity index (χ1n) is 5.31. The zero-order chi connectivity index (χ0) is 11.7. The van der Waals surface area contributed by atoms with Gasteiger partial charge in [0.15, 0.2) is 0 Å². The van der Waals surface area contributed by atoms with Crippen molar-refractivity contribution in [2.24, 2.45) is 0 Å². The molecule has 0 aliphatic carbocycles. The second-order valence-electron chi connectivity index (χ2n) is 4.15. The van der Waals surface area contributed by atoms with Gasteiger partial charge in [0.25, 0.3) is 0 Å². The molecule has 1 aromatic heterocycles. The normalized spacial score (nSPS) is 11.1. The van der Waals surface area contributed by atoms with Crippen LogP contribution in [-0.2, 0) is 0 Å². The predicted molar refractivity (Wildman–Crippen MR) is 71.4 cm³/mol. The van der Waals surface area contributed by atoms with Gasteiger partial charge in [0.1, 0.15) is 9.34 Å². The number of hydrogen-bond donors (Lipinski definition) is 0. The maximum Gasteiger partial charge on any atom is 0.125 e. The van der Waals surface area contributed by atoms with Gasteiger partial charge in [-0.1, -0.05) is 49.7 Å². The largest absolute Gasteiger partial charge is 0.240 e. The third-order valence-electron chi connectivity index (χ3n) is 2.56. The summed E-state index contributed by atoms with van der Waals surface area (Å²) in [5, 5.41) is 0.998. The van der Waals surface area contributed by atoms with Gasteiger partial charge in [-0.25, -0.2) is 4.98 Å². The Morgan fingerprint density at radius 3 is 2.25 bits per heavy atom. The summed E-state index contributed by atoms with van der Waals surface area (Å²) in [4.78, 5) is 4.44. The summed E-state index contributed by atoms with van der Waals surface area (Å²) in [5.41, 5.74) is 3.40. The van der Waals surface area contributed by atoms with E-state index in [0.717, 1.165) is 20.6 Å². The summed E-state index contributed by atoms with van der Waals surface area (Å²) in [6, 6.07) is 8.54. The lowest BCUT2D eigenvalue weighted by Crippen LogP contribution is -1.86. The van der Waals surface area contributed by atoms with Gasteiger partial charge >= 0.3 is 0 Å². The van der Waals surface area contributed by atoms with Crippen molar-refractivity contribution in [2.45, 2.75) is 26.7 Å². The molecule has 0 unspecified atom stereocenters. The number of thiazole rings is 1. The van der Waals surface area contributed by atoms with Gasteiger partial charge in [-0.05, 0) is 18.4 Å². The first-order chi connectivity index (χ1) is 7.58. The van der Waals surface area contributed by atoms with E-state index in [1.54, 1.807) is 0 Å². The molecule has 0 saturated heterocycles. The molecule has 0 N–H and O–H groups in total. The van der Waals surface area contributed by atoms with Crippen molar-refractivity contribution in [2.75, 3.05) is 0 Å². The molecule has 0 radical (unpaired) electrons. The van der Waals surface area contributed by atoms with Gasteiger partial charge in [0.2, 0.25) is 0 Å². The highest BCUT2D eigenvalue weighted by Crippen LogP contribution is 2.31. The molecule has 2 aromatic rings. The van der Waals surface area contributed by atoms with Gasteiger partial charge in [-0.3, -0.25) is 0 Å². The highest BCUT2D eigenvalue weighted by atomic mass is 35.5. The molecule has 84 valence electrons. The maximum absolute atomic E-state index is 6.02. The Bertz CT molecular complexity index is 466. The molecule has 1 aromatic carbocycles. The predicted octanol–water partition coefficient (Wildman–Crippen LogP) is 4.90. The minimum absolute atomic E-state index is 0.565. The summed E-state index contributed by atoms with van der Waals surface area (Å²) in [7, 11) is 0. The van der Waals surface area contributed by atoms with E-state index in [1.165, 1.54) is 16.9 Å². The van der Waals surface area contributed by atoms with Gasteiger partial charge in [-0.2, -0.15) is 0 Å². The van der Waals surface area contributed by atoms with E-state index in [2.05, 4.69) is 43.1 Å². The molecule has 0 fully saturated rings. The van der Waals surface area contributed by atoms with Crippen LogP contribution < -0.4 is 0 Å². The van der Waals surface area contributed by atoms with Crippen LogP contribution in [0.25, 0.3) is 10.6 Å². The van der Waals surface area contributed by atoms with Crippen molar-refractivity contribution >= 4 is 22.9 Å². The van der Waals surface area contributed by atoms with Crippen molar-refractivity contribution in [3.63, 3.8) is 0 Å². The van der Waals surface area contributed by atoms with Gasteiger partial charge < -0.3 is 0 Å². The number of benzene rings is 1. The van der Waals surface area contributed by atoms with Crippen LogP contribution in [0.4, 0.5) is 0 Å². The minimum Gasteiger partial charge on any atom is -0.240 e. The number of halogens is 1. The molecular weight excluding hydrogens is 238 g/mol. The van der Waals surface area contributed by atoms with Crippen molar-refractivity contribution in [3.8, 4) is 10.6 Å². The maximum atomic E-state index is 6.02. The Kier molecular flexibility index (Phi) is 3.31. The van der Waals surface area contributed by atoms with E-state index in [0.29, 0.717) is 5.92 Å². The van der Waals surface area contributed by atoms with E-state index in [-0.39, 0.29) is 0 Å². The monoisotopic (exact) mass is 251 g/mol. The lowest BCUT2D eigenvalue weighted by molar-refractivity contribution is 0.867. The van der Waals surface area contributed by atoms with Crippen LogP contribution in [-0.4, -0.2) is 4.98 Å². The fourth-order valence-corrected chi connectivity index (χ4v) is 2.57. The standard InChI is InChI=1S/C13H14ClNS/c1-8(2)10-4-6-11(7-5-10)13-15-9(3)12(14)16-13/h4-8H,1-3H3. The molecular formula is C13H14ClNS. The van der Waals surface area contributed by atoms with E-state index in [4.69, 9.17) is 11.6 Å². The quantitative estimate of drug-likeness (QED) is 0.740. The minimum atomic E-state index is 0.565. The lowest BCUT2D eigenvalue weighted by Gasteiger charge is -2.05. The topological polar surface area (TPSA) is 12.9 Å². The number of aryl methyl sites for hydroxylation is 1. The van der Waals surface area contributed by atoms with Crippen LogP contribution in [0.5, 0.6) is 0 Å².